The number of pyridine rings is 1. The van der Waals surface area contributed by atoms with Crippen molar-refractivity contribution in [2.75, 3.05) is 10.6 Å². The minimum atomic E-state index is -0.394. The summed E-state index contributed by atoms with van der Waals surface area (Å²) >= 11 is 0. The maximum absolute atomic E-state index is 13.5. The smallest absolute Gasteiger partial charge is 0.339 e. The molecule has 4 aromatic heterocycles. The van der Waals surface area contributed by atoms with Gasteiger partial charge in [0.15, 0.2) is 11.5 Å². The molecule has 0 aliphatic carbocycles. The number of hydrogen-bond donors (Lipinski definition) is 2. The molecule has 0 aliphatic heterocycles. The van der Waals surface area contributed by atoms with E-state index in [1.165, 1.54) is 4.68 Å². The highest BCUT2D eigenvalue weighted by atomic mass is 16.2. The lowest BCUT2D eigenvalue weighted by atomic mass is 10.1. The number of carbonyl (C=O) groups excluding carboxylic acids is 2. The third kappa shape index (κ3) is 5.10. The summed E-state index contributed by atoms with van der Waals surface area (Å²) in [5, 5.41) is 14.9. The van der Waals surface area contributed by atoms with Gasteiger partial charge in [0.1, 0.15) is 5.82 Å². The summed E-state index contributed by atoms with van der Waals surface area (Å²) in [5.74, 6) is 0.303. The molecular formula is C31H29N9O3. The van der Waals surface area contributed by atoms with Gasteiger partial charge in [-0.1, -0.05) is 18.2 Å². The molecule has 6 aromatic rings. The second kappa shape index (κ2) is 10.9. The van der Waals surface area contributed by atoms with Gasteiger partial charge in [-0.2, -0.15) is 10.2 Å². The first-order chi connectivity index (χ1) is 20.7. The van der Waals surface area contributed by atoms with Crippen LogP contribution in [0.2, 0.25) is 0 Å². The van der Waals surface area contributed by atoms with E-state index in [9.17, 15) is 14.4 Å². The van der Waals surface area contributed by atoms with Crippen LogP contribution in [0.5, 0.6) is 0 Å². The fourth-order valence-electron chi connectivity index (χ4n) is 5.21. The summed E-state index contributed by atoms with van der Waals surface area (Å²) in [6, 6.07) is 19.9. The van der Waals surface area contributed by atoms with Crippen LogP contribution in [0, 0.1) is 6.92 Å². The molecule has 2 amide bonds. The van der Waals surface area contributed by atoms with Crippen LogP contribution in [0.15, 0.2) is 83.9 Å². The van der Waals surface area contributed by atoms with E-state index in [0.717, 1.165) is 22.3 Å². The number of carbonyl (C=O) groups is 2. The molecule has 0 bridgehead atoms. The molecule has 0 saturated carbocycles. The van der Waals surface area contributed by atoms with Gasteiger partial charge >= 0.3 is 5.69 Å². The van der Waals surface area contributed by atoms with Crippen molar-refractivity contribution < 1.29 is 9.59 Å². The molecule has 0 radical (unpaired) electrons. The molecule has 216 valence electrons. The van der Waals surface area contributed by atoms with Gasteiger partial charge in [0.25, 0.3) is 11.8 Å². The zero-order valence-corrected chi connectivity index (χ0v) is 24.1. The molecule has 12 heteroatoms. The zero-order valence-electron chi connectivity index (χ0n) is 24.1. The molecular weight excluding hydrogens is 546 g/mol. The molecule has 4 heterocycles. The van der Waals surface area contributed by atoms with Crippen molar-refractivity contribution in [3.05, 3.63) is 107 Å². The van der Waals surface area contributed by atoms with Crippen molar-refractivity contribution >= 4 is 34.2 Å². The molecule has 0 spiro atoms. The monoisotopic (exact) mass is 575 g/mol. The Bertz CT molecular complexity index is 2060. The summed E-state index contributed by atoms with van der Waals surface area (Å²) in [6.07, 6.45) is 3.34. The van der Waals surface area contributed by atoms with E-state index in [-0.39, 0.29) is 17.3 Å². The van der Waals surface area contributed by atoms with Crippen LogP contribution in [0.1, 0.15) is 33.6 Å². The van der Waals surface area contributed by atoms with Crippen LogP contribution < -0.4 is 16.3 Å². The van der Waals surface area contributed by atoms with Crippen LogP contribution in [0.25, 0.3) is 27.8 Å². The molecule has 12 nitrogen and oxygen atoms in total. The number of amides is 2. The lowest BCUT2D eigenvalue weighted by molar-refractivity contribution is 0.101. The van der Waals surface area contributed by atoms with Crippen LogP contribution in [-0.2, 0) is 20.6 Å². The zero-order chi connectivity index (χ0) is 30.2. The normalized spacial score (nSPS) is 11.2. The molecule has 2 N–H and O–H groups in total. The highest BCUT2D eigenvalue weighted by Crippen LogP contribution is 2.31. The lowest BCUT2D eigenvalue weighted by Gasteiger charge is -2.12. The second-order valence-electron chi connectivity index (χ2n) is 10.1. The molecule has 0 aliphatic rings. The van der Waals surface area contributed by atoms with Gasteiger partial charge in [-0.15, -0.1) is 0 Å². The van der Waals surface area contributed by atoms with Crippen LogP contribution >= 0.6 is 0 Å². The number of aryl methyl sites for hydroxylation is 4. The fourth-order valence-corrected chi connectivity index (χ4v) is 5.21. The maximum Gasteiger partial charge on any atom is 0.350 e. The van der Waals surface area contributed by atoms with Crippen molar-refractivity contribution in [3.8, 4) is 16.9 Å². The van der Waals surface area contributed by atoms with Gasteiger partial charge in [-0.05, 0) is 61.9 Å². The number of nitrogens with zero attached hydrogens (tertiary/aromatic N) is 7. The number of anilines is 2. The maximum atomic E-state index is 13.5. The van der Waals surface area contributed by atoms with Gasteiger partial charge in [0.05, 0.1) is 11.2 Å². The molecule has 0 unspecified atom stereocenters. The standard InChI is InChI=1S/C31H29N9O3/c1-5-39-25(20-9-11-24(12-10-20)40-19(2)35-38(4)31(40)43)18-21-13-15-32-27(28(21)39)30(42)33-23-8-6-7-22(17-23)29(41)34-26-14-16-37(3)36-26/h6-18H,5H2,1-4H3,(H,33,42)(H,34,36,41). The number of nitrogens with one attached hydrogen (secondary N) is 2. The Labute approximate surface area is 246 Å². The van der Waals surface area contributed by atoms with E-state index in [2.05, 4.69) is 25.8 Å². The van der Waals surface area contributed by atoms with E-state index in [0.29, 0.717) is 35.0 Å². The molecule has 0 saturated heterocycles. The molecule has 0 atom stereocenters. The number of aromatic nitrogens is 7. The Kier molecular flexibility index (Phi) is 6.94. The van der Waals surface area contributed by atoms with E-state index >= 15 is 0 Å². The predicted molar refractivity (Wildman–Crippen MR) is 163 cm³/mol. The summed E-state index contributed by atoms with van der Waals surface area (Å²) in [5.41, 5.74) is 4.15. The summed E-state index contributed by atoms with van der Waals surface area (Å²) < 4.78 is 6.51. The van der Waals surface area contributed by atoms with Crippen molar-refractivity contribution in [3.63, 3.8) is 0 Å². The minimum Gasteiger partial charge on any atom is -0.339 e. The summed E-state index contributed by atoms with van der Waals surface area (Å²) in [7, 11) is 3.39. The van der Waals surface area contributed by atoms with E-state index < -0.39 is 5.91 Å². The Morgan fingerprint density at radius 2 is 1.70 bits per heavy atom. The van der Waals surface area contributed by atoms with E-state index in [1.54, 1.807) is 73.0 Å². The number of fused-ring (bicyclic) bond motifs is 1. The number of rotatable bonds is 7. The highest BCUT2D eigenvalue weighted by Gasteiger charge is 2.20. The van der Waals surface area contributed by atoms with Gasteiger partial charge in [-0.25, -0.2) is 19.0 Å². The minimum absolute atomic E-state index is 0.214. The molecule has 43 heavy (non-hydrogen) atoms. The molecule has 2 aromatic carbocycles. The third-order valence-corrected chi connectivity index (χ3v) is 7.19. The summed E-state index contributed by atoms with van der Waals surface area (Å²) in [4.78, 5) is 43.3. The van der Waals surface area contributed by atoms with Gasteiger partial charge in [0.2, 0.25) is 0 Å². The van der Waals surface area contributed by atoms with Crippen molar-refractivity contribution in [1.29, 1.82) is 0 Å². The van der Waals surface area contributed by atoms with Crippen molar-refractivity contribution in [2.24, 2.45) is 14.1 Å². The molecule has 6 rings (SSSR count). The topological polar surface area (TPSA) is 134 Å². The average molecular weight is 576 g/mol. The van der Waals surface area contributed by atoms with Crippen LogP contribution in [0.4, 0.5) is 11.5 Å². The quantitative estimate of drug-likeness (QED) is 0.294. The lowest BCUT2D eigenvalue weighted by Crippen LogP contribution is -2.21. The van der Waals surface area contributed by atoms with Gasteiger partial charge in [-0.3, -0.25) is 14.3 Å². The number of hydrogen-bond acceptors (Lipinski definition) is 6. The number of benzene rings is 2. The van der Waals surface area contributed by atoms with E-state index in [4.69, 9.17) is 0 Å². The fraction of sp³-hybridized carbons (Fsp3) is 0.161. The largest absolute Gasteiger partial charge is 0.350 e. The van der Waals surface area contributed by atoms with E-state index in [1.807, 2.05) is 47.9 Å². The Morgan fingerprint density at radius 1 is 0.907 bits per heavy atom. The Hall–Kier alpha value is -5.78. The second-order valence-corrected chi connectivity index (χ2v) is 10.1. The third-order valence-electron chi connectivity index (χ3n) is 7.19. The first-order valence-electron chi connectivity index (χ1n) is 13.7. The SMILES string of the molecule is CCn1c(-c2ccc(-n3c(C)nn(C)c3=O)cc2)cc2ccnc(C(=O)Nc3cccc(C(=O)Nc4ccn(C)n4)c3)c21. The van der Waals surface area contributed by atoms with Crippen LogP contribution in [-0.4, -0.2) is 45.5 Å². The first-order valence-corrected chi connectivity index (χ1v) is 13.7. The van der Waals surface area contributed by atoms with Gasteiger partial charge in [0, 0.05) is 61.4 Å². The average Bonchev–Trinajstić information content (AvgIpc) is 3.66. The first kappa shape index (κ1) is 27.4. The Balaban J connectivity index is 1.29. The molecule has 0 fully saturated rings. The van der Waals surface area contributed by atoms with Crippen LogP contribution in [0.3, 0.4) is 0 Å². The van der Waals surface area contributed by atoms with Crippen molar-refractivity contribution in [2.45, 2.75) is 20.4 Å². The summed E-state index contributed by atoms with van der Waals surface area (Å²) in [6.45, 7) is 4.39. The highest BCUT2D eigenvalue weighted by molar-refractivity contribution is 6.12. The van der Waals surface area contributed by atoms with Crippen molar-refractivity contribution in [1.82, 2.24) is 33.7 Å². The predicted octanol–water partition coefficient (Wildman–Crippen LogP) is 4.15. The van der Waals surface area contributed by atoms with Gasteiger partial charge < -0.3 is 15.2 Å². The Morgan fingerprint density at radius 3 is 2.37 bits per heavy atom.